The third kappa shape index (κ3) is 4.10. The van der Waals surface area contributed by atoms with Gasteiger partial charge in [0.2, 0.25) is 0 Å². The van der Waals surface area contributed by atoms with Crippen LogP contribution in [-0.4, -0.2) is 24.0 Å². The van der Waals surface area contributed by atoms with E-state index in [2.05, 4.69) is 22.5 Å². The van der Waals surface area contributed by atoms with Crippen molar-refractivity contribution in [3.8, 4) is 0 Å². The molecule has 1 heterocycles. The molecule has 1 atom stereocenters. The van der Waals surface area contributed by atoms with Gasteiger partial charge in [-0.15, -0.1) is 0 Å². The van der Waals surface area contributed by atoms with Crippen molar-refractivity contribution in [1.82, 2.24) is 10.3 Å². The summed E-state index contributed by atoms with van der Waals surface area (Å²) in [7, 11) is 0. The van der Waals surface area contributed by atoms with E-state index in [1.165, 1.54) is 12.8 Å². The quantitative estimate of drug-likeness (QED) is 0.788. The molecule has 19 heavy (non-hydrogen) atoms. The first-order chi connectivity index (χ1) is 9.10. The van der Waals surface area contributed by atoms with Gasteiger partial charge in [-0.3, -0.25) is 4.79 Å². The van der Waals surface area contributed by atoms with E-state index >= 15 is 0 Å². The van der Waals surface area contributed by atoms with Gasteiger partial charge in [-0.05, 0) is 43.7 Å². The van der Waals surface area contributed by atoms with Gasteiger partial charge >= 0.3 is 0 Å². The smallest absolute Gasteiger partial charge is 0.251 e. The van der Waals surface area contributed by atoms with Gasteiger partial charge in [0.05, 0.1) is 0 Å². The van der Waals surface area contributed by atoms with Crippen LogP contribution in [0.4, 0.5) is 5.82 Å². The predicted molar refractivity (Wildman–Crippen MR) is 77.6 cm³/mol. The third-order valence-corrected chi connectivity index (χ3v) is 3.62. The molecule has 1 aliphatic rings. The van der Waals surface area contributed by atoms with Crippen molar-refractivity contribution in [3.05, 3.63) is 22.8 Å². The lowest BCUT2D eigenvalue weighted by atomic mass is 10.1. The minimum Gasteiger partial charge on any atom is -0.370 e. The number of amides is 1. The van der Waals surface area contributed by atoms with Gasteiger partial charge < -0.3 is 10.6 Å². The van der Waals surface area contributed by atoms with Gasteiger partial charge in [0.1, 0.15) is 11.0 Å². The summed E-state index contributed by atoms with van der Waals surface area (Å²) >= 11 is 5.92. The molecule has 0 aromatic carbocycles. The number of anilines is 1. The predicted octanol–water partition coefficient (Wildman–Crippen LogP) is 2.94. The van der Waals surface area contributed by atoms with Crippen molar-refractivity contribution in [2.24, 2.45) is 11.8 Å². The third-order valence-electron chi connectivity index (χ3n) is 3.43. The second-order valence-electron chi connectivity index (χ2n) is 5.12. The average molecular weight is 282 g/mol. The Morgan fingerprint density at radius 2 is 2.26 bits per heavy atom. The van der Waals surface area contributed by atoms with Crippen molar-refractivity contribution in [2.45, 2.75) is 26.7 Å². The standard InChI is InChI=1S/C14H20ClN3O/c1-3-16-13-7-11(6-12(15)18-13)14(19)17-8-9(2)10-4-5-10/h6-7,9-10H,3-5,8H2,1-2H3,(H,16,18)(H,17,19). The molecule has 1 saturated carbocycles. The van der Waals surface area contributed by atoms with E-state index in [4.69, 9.17) is 11.6 Å². The molecule has 0 spiro atoms. The SMILES string of the molecule is CCNc1cc(C(=O)NCC(C)C2CC2)cc(Cl)n1. The number of pyridine rings is 1. The lowest BCUT2D eigenvalue weighted by molar-refractivity contribution is 0.0946. The molecule has 1 fully saturated rings. The van der Waals surface area contributed by atoms with Crippen molar-refractivity contribution in [2.75, 3.05) is 18.4 Å². The Bertz CT molecular complexity index is 460. The Hall–Kier alpha value is -1.29. The highest BCUT2D eigenvalue weighted by molar-refractivity contribution is 6.29. The van der Waals surface area contributed by atoms with E-state index in [0.717, 1.165) is 19.0 Å². The Balaban J connectivity index is 1.97. The summed E-state index contributed by atoms with van der Waals surface area (Å²) in [5.74, 6) is 1.89. The Morgan fingerprint density at radius 1 is 1.53 bits per heavy atom. The minimum absolute atomic E-state index is 0.0871. The zero-order valence-electron chi connectivity index (χ0n) is 11.4. The van der Waals surface area contributed by atoms with Crippen LogP contribution < -0.4 is 10.6 Å². The topological polar surface area (TPSA) is 54.0 Å². The van der Waals surface area contributed by atoms with E-state index in [1.54, 1.807) is 12.1 Å². The first kappa shape index (κ1) is 14.1. The zero-order chi connectivity index (χ0) is 13.8. The van der Waals surface area contributed by atoms with Crippen LogP contribution >= 0.6 is 11.6 Å². The van der Waals surface area contributed by atoms with Gasteiger partial charge in [0.25, 0.3) is 5.91 Å². The molecule has 1 aliphatic carbocycles. The maximum atomic E-state index is 12.1. The van der Waals surface area contributed by atoms with E-state index in [0.29, 0.717) is 22.5 Å². The van der Waals surface area contributed by atoms with E-state index in [-0.39, 0.29) is 5.91 Å². The number of nitrogens with one attached hydrogen (secondary N) is 2. The fraction of sp³-hybridized carbons (Fsp3) is 0.571. The summed E-state index contributed by atoms with van der Waals surface area (Å²) in [6.45, 7) is 5.62. The molecule has 0 bridgehead atoms. The van der Waals surface area contributed by atoms with E-state index < -0.39 is 0 Å². The molecular formula is C14H20ClN3O. The summed E-state index contributed by atoms with van der Waals surface area (Å²) in [6.07, 6.45) is 2.59. The van der Waals surface area contributed by atoms with E-state index in [9.17, 15) is 4.79 Å². The maximum absolute atomic E-state index is 12.1. The van der Waals surface area contributed by atoms with Crippen LogP contribution in [0, 0.1) is 11.8 Å². The van der Waals surface area contributed by atoms with Crippen molar-refractivity contribution >= 4 is 23.3 Å². The zero-order valence-corrected chi connectivity index (χ0v) is 12.1. The van der Waals surface area contributed by atoms with Gasteiger partial charge in [0.15, 0.2) is 0 Å². The van der Waals surface area contributed by atoms with Gasteiger partial charge in [-0.25, -0.2) is 4.98 Å². The molecule has 0 radical (unpaired) electrons. The normalized spacial score (nSPS) is 15.9. The van der Waals surface area contributed by atoms with Crippen LogP contribution in [0.25, 0.3) is 0 Å². The molecule has 1 aromatic rings. The number of hydrogen-bond acceptors (Lipinski definition) is 3. The van der Waals surface area contributed by atoms with Crippen molar-refractivity contribution in [3.63, 3.8) is 0 Å². The molecule has 4 nitrogen and oxygen atoms in total. The second-order valence-corrected chi connectivity index (χ2v) is 5.51. The summed E-state index contributed by atoms with van der Waals surface area (Å²) in [5.41, 5.74) is 0.555. The summed E-state index contributed by atoms with van der Waals surface area (Å²) in [5, 5.41) is 6.36. The number of hydrogen-bond donors (Lipinski definition) is 2. The molecule has 104 valence electrons. The molecule has 5 heteroatoms. The molecule has 1 aromatic heterocycles. The molecule has 2 N–H and O–H groups in total. The van der Waals surface area contributed by atoms with Crippen LogP contribution in [0.1, 0.15) is 37.0 Å². The number of rotatable bonds is 6. The van der Waals surface area contributed by atoms with Crippen LogP contribution in [0.3, 0.4) is 0 Å². The summed E-state index contributed by atoms with van der Waals surface area (Å²) in [4.78, 5) is 16.2. The number of aromatic nitrogens is 1. The molecule has 0 aliphatic heterocycles. The number of carbonyl (C=O) groups excluding carboxylic acids is 1. The van der Waals surface area contributed by atoms with Gasteiger partial charge in [-0.2, -0.15) is 0 Å². The largest absolute Gasteiger partial charge is 0.370 e. The molecule has 0 saturated heterocycles. The van der Waals surface area contributed by atoms with Crippen molar-refractivity contribution in [1.29, 1.82) is 0 Å². The lowest BCUT2D eigenvalue weighted by Gasteiger charge is -2.12. The summed E-state index contributed by atoms with van der Waals surface area (Å²) in [6, 6.07) is 3.33. The van der Waals surface area contributed by atoms with Crippen LogP contribution in [0.2, 0.25) is 5.15 Å². The van der Waals surface area contributed by atoms with Crippen LogP contribution in [0.15, 0.2) is 12.1 Å². The fourth-order valence-corrected chi connectivity index (χ4v) is 2.30. The van der Waals surface area contributed by atoms with Gasteiger partial charge in [-0.1, -0.05) is 18.5 Å². The lowest BCUT2D eigenvalue weighted by Crippen LogP contribution is -2.29. The van der Waals surface area contributed by atoms with Crippen LogP contribution in [-0.2, 0) is 0 Å². The Labute approximate surface area is 118 Å². The molecule has 1 unspecified atom stereocenters. The Morgan fingerprint density at radius 3 is 2.89 bits per heavy atom. The van der Waals surface area contributed by atoms with Gasteiger partial charge in [0, 0.05) is 18.7 Å². The first-order valence-electron chi connectivity index (χ1n) is 6.79. The first-order valence-corrected chi connectivity index (χ1v) is 7.17. The summed E-state index contributed by atoms with van der Waals surface area (Å²) < 4.78 is 0. The molecule has 1 amide bonds. The highest BCUT2D eigenvalue weighted by atomic mass is 35.5. The highest BCUT2D eigenvalue weighted by Crippen LogP contribution is 2.36. The van der Waals surface area contributed by atoms with Crippen LogP contribution in [0.5, 0.6) is 0 Å². The van der Waals surface area contributed by atoms with E-state index in [1.807, 2.05) is 6.92 Å². The number of nitrogens with zero attached hydrogens (tertiary/aromatic N) is 1. The average Bonchev–Trinajstić information content (AvgIpc) is 3.19. The number of carbonyl (C=O) groups is 1. The highest BCUT2D eigenvalue weighted by Gasteiger charge is 2.27. The number of halogens is 1. The minimum atomic E-state index is -0.0871. The van der Waals surface area contributed by atoms with Crippen molar-refractivity contribution < 1.29 is 4.79 Å². The molecule has 2 rings (SSSR count). The monoisotopic (exact) mass is 281 g/mol. The Kier molecular flexibility index (Phi) is 4.64. The second kappa shape index (κ2) is 6.24. The fourth-order valence-electron chi connectivity index (χ4n) is 2.09. The molecular weight excluding hydrogens is 262 g/mol. The maximum Gasteiger partial charge on any atom is 0.251 e.